The number of allylic oxidation sites excluding steroid dienone is 1. The van der Waals surface area contributed by atoms with Crippen molar-refractivity contribution in [2.24, 2.45) is 5.92 Å². The number of rotatable bonds is 12. The molecule has 1 saturated carbocycles. The molecule has 0 unspecified atom stereocenters. The number of aromatic nitrogens is 3. The molecule has 0 spiro atoms. The largest absolute Gasteiger partial charge is 0.379 e. The van der Waals surface area contributed by atoms with Crippen LogP contribution in [0, 0.1) is 11.3 Å². The number of H-pyrrole nitrogens is 1. The van der Waals surface area contributed by atoms with Crippen molar-refractivity contribution in [3.63, 3.8) is 0 Å². The lowest BCUT2D eigenvalue weighted by atomic mass is 10.0. The lowest BCUT2D eigenvalue weighted by Crippen LogP contribution is -2.48. The zero-order valence-corrected chi connectivity index (χ0v) is 26.1. The van der Waals surface area contributed by atoms with Crippen LogP contribution in [0.25, 0.3) is 22.6 Å². The average molecular weight is 636 g/mol. The summed E-state index contributed by atoms with van der Waals surface area (Å²) >= 11 is 3.73. The van der Waals surface area contributed by atoms with Crippen molar-refractivity contribution in [3.8, 4) is 11.4 Å². The monoisotopic (exact) mass is 634 g/mol. The lowest BCUT2D eigenvalue weighted by molar-refractivity contribution is 0.211. The van der Waals surface area contributed by atoms with Crippen LogP contribution >= 0.6 is 15.9 Å². The van der Waals surface area contributed by atoms with Crippen LogP contribution in [0.4, 0.5) is 11.4 Å². The van der Waals surface area contributed by atoms with Crippen molar-refractivity contribution >= 4 is 44.7 Å². The Balaban J connectivity index is 1.04. The fourth-order valence-electron chi connectivity index (χ4n) is 6.06. The number of fused-ring (bicyclic) bond motifs is 1. The van der Waals surface area contributed by atoms with E-state index in [1.165, 1.54) is 44.4 Å². The first-order valence-electron chi connectivity index (χ1n) is 15.3. The molecule has 6 rings (SSSR count). The molecule has 3 aromatic rings. The highest BCUT2D eigenvalue weighted by Crippen LogP contribution is 2.34. The molecule has 0 atom stereocenters. The third-order valence-corrected chi connectivity index (χ3v) is 9.36. The van der Waals surface area contributed by atoms with Crippen LogP contribution in [0.1, 0.15) is 25.7 Å². The molecule has 5 N–H and O–H groups in total. The molecule has 0 radical (unpaired) electrons. The van der Waals surface area contributed by atoms with Gasteiger partial charge in [0.05, 0.1) is 16.0 Å². The molecule has 224 valence electrons. The number of nitrogens with zero attached hydrogens (tertiary/aromatic N) is 5. The van der Waals surface area contributed by atoms with Gasteiger partial charge >= 0.3 is 0 Å². The maximum Gasteiger partial charge on any atom is 0.159 e. The number of nitrogens with one attached hydrogen (secondary N) is 5. The van der Waals surface area contributed by atoms with Crippen LogP contribution in [0.5, 0.6) is 0 Å². The minimum atomic E-state index is 0.452. The van der Waals surface area contributed by atoms with Gasteiger partial charge in [-0.1, -0.05) is 0 Å². The summed E-state index contributed by atoms with van der Waals surface area (Å²) in [6.07, 6.45) is 10.1. The fraction of sp³-hybridized carbons (Fsp3) is 0.516. The summed E-state index contributed by atoms with van der Waals surface area (Å²) in [5.41, 5.74) is 5.06. The molecule has 3 fully saturated rings. The third-order valence-electron chi connectivity index (χ3n) is 8.76. The normalized spacial score (nSPS) is 19.3. The number of anilines is 2. The average Bonchev–Trinajstić information content (AvgIpc) is 3.73. The highest BCUT2D eigenvalue weighted by molar-refractivity contribution is 9.10. The van der Waals surface area contributed by atoms with Crippen LogP contribution in [0.3, 0.4) is 0 Å². The topological polar surface area (TPSA) is 111 Å². The first-order chi connectivity index (χ1) is 20.6. The van der Waals surface area contributed by atoms with E-state index >= 15 is 0 Å². The molecule has 11 heteroatoms. The van der Waals surface area contributed by atoms with Crippen molar-refractivity contribution in [2.75, 3.05) is 76.2 Å². The Morgan fingerprint density at radius 1 is 1.05 bits per heavy atom. The lowest BCUT2D eigenvalue weighted by Gasteiger charge is -2.36. The summed E-state index contributed by atoms with van der Waals surface area (Å²) in [7, 11) is 1.87. The van der Waals surface area contributed by atoms with E-state index in [0.29, 0.717) is 6.04 Å². The van der Waals surface area contributed by atoms with E-state index in [9.17, 15) is 0 Å². The predicted molar refractivity (Wildman–Crippen MR) is 175 cm³/mol. The first-order valence-corrected chi connectivity index (χ1v) is 16.1. The molecule has 2 saturated heterocycles. The van der Waals surface area contributed by atoms with Gasteiger partial charge in [0, 0.05) is 95.7 Å². The van der Waals surface area contributed by atoms with Crippen molar-refractivity contribution in [2.45, 2.75) is 31.7 Å². The summed E-state index contributed by atoms with van der Waals surface area (Å²) < 4.78 is 0.962. The second kappa shape index (κ2) is 13.4. The number of piperidine rings is 1. The second-order valence-electron chi connectivity index (χ2n) is 11.7. The first kappa shape index (κ1) is 28.9. The quantitative estimate of drug-likeness (QED) is 0.189. The van der Waals surface area contributed by atoms with Gasteiger partial charge in [-0.05, 0) is 77.9 Å². The molecule has 2 aliphatic heterocycles. The Kier molecular flexibility index (Phi) is 9.26. The number of pyridine rings is 1. The van der Waals surface area contributed by atoms with Crippen molar-refractivity contribution in [1.82, 2.24) is 35.4 Å². The SMILES string of the molecule is CN/C(=C\C=N)NCCN1CCN(c2ccc(-c3nc4c(NC5CCN(CC6CC6)CC5)c(Br)cnc4[nH]3)cc2)CC1. The molecule has 1 aliphatic carbocycles. The summed E-state index contributed by atoms with van der Waals surface area (Å²) in [5.74, 6) is 2.68. The van der Waals surface area contributed by atoms with Gasteiger partial charge < -0.3 is 36.1 Å². The van der Waals surface area contributed by atoms with Crippen molar-refractivity contribution in [1.29, 1.82) is 5.41 Å². The minimum absolute atomic E-state index is 0.452. The summed E-state index contributed by atoms with van der Waals surface area (Å²) in [5, 5.41) is 17.5. The van der Waals surface area contributed by atoms with Crippen LogP contribution in [-0.2, 0) is 0 Å². The second-order valence-corrected chi connectivity index (χ2v) is 12.6. The number of likely N-dealkylation sites (tertiary alicyclic amines) is 1. The highest BCUT2D eigenvalue weighted by Gasteiger charge is 2.27. The number of halogens is 1. The Labute approximate surface area is 257 Å². The van der Waals surface area contributed by atoms with Gasteiger partial charge in [-0.15, -0.1) is 0 Å². The van der Waals surface area contributed by atoms with E-state index in [1.54, 1.807) is 6.08 Å². The van der Waals surface area contributed by atoms with E-state index in [0.717, 1.165) is 96.6 Å². The van der Waals surface area contributed by atoms with E-state index in [-0.39, 0.29) is 0 Å². The van der Waals surface area contributed by atoms with Crippen molar-refractivity contribution in [3.05, 3.63) is 46.8 Å². The molecule has 3 aliphatic rings. The van der Waals surface area contributed by atoms with Gasteiger partial charge in [-0.2, -0.15) is 0 Å². The molecule has 0 bridgehead atoms. The van der Waals surface area contributed by atoms with Gasteiger partial charge in [0.15, 0.2) is 5.65 Å². The number of benzene rings is 1. The molecule has 0 amide bonds. The smallest absolute Gasteiger partial charge is 0.159 e. The zero-order valence-electron chi connectivity index (χ0n) is 24.5. The highest BCUT2D eigenvalue weighted by atomic mass is 79.9. The van der Waals surface area contributed by atoms with E-state index in [2.05, 4.69) is 80.8 Å². The Hall–Kier alpha value is -3.15. The van der Waals surface area contributed by atoms with Crippen LogP contribution in [-0.4, -0.2) is 103 Å². The summed E-state index contributed by atoms with van der Waals surface area (Å²) in [4.78, 5) is 20.7. The van der Waals surface area contributed by atoms with Gasteiger partial charge in [0.25, 0.3) is 0 Å². The Morgan fingerprint density at radius 3 is 2.50 bits per heavy atom. The van der Waals surface area contributed by atoms with Gasteiger partial charge in [0.1, 0.15) is 11.3 Å². The molecular weight excluding hydrogens is 592 g/mol. The Bertz CT molecular complexity index is 1370. The standard InChI is InChI=1S/C31H43BrN10/c1-34-27(8-11-33)35-12-15-40-16-18-42(19-17-40)25-6-4-23(5-7-25)30-38-29-28(26(32)20-36-31(29)39-30)37-24-9-13-41(14-10-24)21-22-2-3-22/h4-8,11,20,22,24,33-35H,2-3,9-10,12-19,21H2,1H3,(H2,36,37,38,39)/b27-8+,33-11?. The summed E-state index contributed by atoms with van der Waals surface area (Å²) in [6, 6.07) is 9.19. The van der Waals surface area contributed by atoms with Gasteiger partial charge in [-0.25, -0.2) is 9.97 Å². The number of hydrogen-bond acceptors (Lipinski definition) is 9. The number of imidazole rings is 1. The third kappa shape index (κ3) is 7.07. The maximum atomic E-state index is 7.23. The maximum absolute atomic E-state index is 7.23. The minimum Gasteiger partial charge on any atom is -0.379 e. The number of hydrogen-bond donors (Lipinski definition) is 5. The molecule has 10 nitrogen and oxygen atoms in total. The van der Waals surface area contributed by atoms with E-state index in [1.807, 2.05) is 13.2 Å². The summed E-state index contributed by atoms with van der Waals surface area (Å²) in [6.45, 7) is 9.55. The van der Waals surface area contributed by atoms with Gasteiger partial charge in [0.2, 0.25) is 0 Å². The van der Waals surface area contributed by atoms with E-state index < -0.39 is 0 Å². The molecule has 1 aromatic carbocycles. The van der Waals surface area contributed by atoms with Crippen LogP contribution in [0.15, 0.2) is 46.8 Å². The van der Waals surface area contributed by atoms with Crippen LogP contribution in [0.2, 0.25) is 0 Å². The number of aromatic amines is 1. The number of piperazine rings is 1. The fourth-order valence-corrected chi connectivity index (χ4v) is 6.46. The van der Waals surface area contributed by atoms with Crippen molar-refractivity contribution < 1.29 is 0 Å². The van der Waals surface area contributed by atoms with Gasteiger partial charge in [-0.3, -0.25) is 4.90 Å². The van der Waals surface area contributed by atoms with E-state index in [4.69, 9.17) is 10.4 Å². The molecule has 42 heavy (non-hydrogen) atoms. The molecular formula is C31H43BrN10. The predicted octanol–water partition coefficient (Wildman–Crippen LogP) is 4.10. The molecule has 2 aromatic heterocycles. The van der Waals surface area contributed by atoms with Crippen LogP contribution < -0.4 is 20.9 Å². The molecule has 4 heterocycles. The zero-order chi connectivity index (χ0) is 28.9. The Morgan fingerprint density at radius 2 is 1.81 bits per heavy atom.